The predicted octanol–water partition coefficient (Wildman–Crippen LogP) is 2.69. The number of carbonyl (C=O) groups is 1. The summed E-state index contributed by atoms with van der Waals surface area (Å²) in [5, 5.41) is 7.50. The maximum absolute atomic E-state index is 12.1. The number of hydrogen-bond donors (Lipinski definition) is 1. The number of aromatic nitrogens is 3. The topological polar surface area (TPSA) is 59.8 Å². The highest BCUT2D eigenvalue weighted by molar-refractivity contribution is 7.22. The minimum Gasteiger partial charge on any atom is -0.300 e. The lowest BCUT2D eigenvalue weighted by Gasteiger charge is -2.10. The summed E-state index contributed by atoms with van der Waals surface area (Å²) < 4.78 is 2.67. The lowest BCUT2D eigenvalue weighted by molar-refractivity contribution is -0.119. The Hall–Kier alpha value is -2.21. The number of fused-ring (bicyclic) bond motifs is 1. The summed E-state index contributed by atoms with van der Waals surface area (Å²) in [7, 11) is 0. The molecule has 0 saturated carbocycles. The van der Waals surface area contributed by atoms with Crippen LogP contribution in [0.4, 0.5) is 5.13 Å². The first-order valence-electron chi connectivity index (χ1n) is 5.89. The van der Waals surface area contributed by atoms with Crippen LogP contribution in [-0.2, 0) is 4.79 Å². The zero-order valence-electron chi connectivity index (χ0n) is 10.3. The molecular weight excluding hydrogens is 260 g/mol. The molecule has 19 heavy (non-hydrogen) atoms. The van der Waals surface area contributed by atoms with Gasteiger partial charge in [0.05, 0.1) is 10.2 Å². The quantitative estimate of drug-likeness (QED) is 0.797. The predicted molar refractivity (Wildman–Crippen MR) is 75.2 cm³/mol. The van der Waals surface area contributed by atoms with Crippen LogP contribution in [0.1, 0.15) is 13.0 Å². The number of nitrogens with zero attached hydrogens (tertiary/aromatic N) is 3. The number of carbonyl (C=O) groups excluding carboxylic acids is 1. The number of amides is 1. The summed E-state index contributed by atoms with van der Waals surface area (Å²) >= 11 is 1.47. The number of rotatable bonds is 3. The first-order chi connectivity index (χ1) is 9.24. The van der Waals surface area contributed by atoms with Crippen molar-refractivity contribution in [1.82, 2.24) is 14.8 Å². The van der Waals surface area contributed by atoms with Crippen LogP contribution in [-0.4, -0.2) is 20.7 Å². The number of hydrogen-bond acceptors (Lipinski definition) is 4. The van der Waals surface area contributed by atoms with Gasteiger partial charge in [0, 0.05) is 12.4 Å². The van der Waals surface area contributed by atoms with Crippen molar-refractivity contribution in [3.63, 3.8) is 0 Å². The first kappa shape index (κ1) is 11.9. The summed E-state index contributed by atoms with van der Waals surface area (Å²) in [6, 6.07) is 9.24. The van der Waals surface area contributed by atoms with Crippen LogP contribution in [0.5, 0.6) is 0 Å². The molecule has 5 nitrogen and oxygen atoms in total. The molecule has 0 aliphatic rings. The van der Waals surface area contributed by atoms with Gasteiger partial charge >= 0.3 is 0 Å². The molecule has 1 unspecified atom stereocenters. The molecule has 0 aliphatic carbocycles. The second-order valence-corrected chi connectivity index (χ2v) is 5.17. The van der Waals surface area contributed by atoms with Gasteiger partial charge in [-0.15, -0.1) is 0 Å². The molecule has 2 heterocycles. The van der Waals surface area contributed by atoms with Crippen molar-refractivity contribution < 1.29 is 4.79 Å². The lowest BCUT2D eigenvalue weighted by atomic mass is 10.3. The summed E-state index contributed by atoms with van der Waals surface area (Å²) in [5.41, 5.74) is 0.898. The molecule has 0 saturated heterocycles. The molecule has 0 aliphatic heterocycles. The summed E-state index contributed by atoms with van der Waals surface area (Å²) in [6.45, 7) is 1.80. The van der Waals surface area contributed by atoms with Crippen LogP contribution in [0.2, 0.25) is 0 Å². The van der Waals surface area contributed by atoms with E-state index >= 15 is 0 Å². The van der Waals surface area contributed by atoms with Crippen LogP contribution in [0, 0.1) is 0 Å². The standard InChI is InChI=1S/C13H12N4OS/c1-9(17-8-4-7-14-17)12(18)16-13-15-10-5-2-3-6-11(10)19-13/h2-9H,1H3,(H,15,16,18). The van der Waals surface area contributed by atoms with E-state index in [4.69, 9.17) is 0 Å². The maximum atomic E-state index is 12.1. The number of anilines is 1. The van der Waals surface area contributed by atoms with E-state index < -0.39 is 0 Å². The summed E-state index contributed by atoms with van der Waals surface area (Å²) in [5.74, 6) is -0.122. The average molecular weight is 272 g/mol. The molecule has 2 aromatic heterocycles. The van der Waals surface area contributed by atoms with E-state index in [1.165, 1.54) is 11.3 Å². The molecule has 1 aromatic carbocycles. The van der Waals surface area contributed by atoms with E-state index in [1.54, 1.807) is 30.1 Å². The van der Waals surface area contributed by atoms with Crippen LogP contribution in [0.3, 0.4) is 0 Å². The SMILES string of the molecule is CC(C(=O)Nc1nc2ccccc2s1)n1cccn1. The van der Waals surface area contributed by atoms with E-state index in [1.807, 2.05) is 24.3 Å². The molecule has 1 amide bonds. The Morgan fingerprint density at radius 3 is 2.95 bits per heavy atom. The molecule has 0 radical (unpaired) electrons. The van der Waals surface area contributed by atoms with Crippen LogP contribution in [0.15, 0.2) is 42.7 Å². The fraction of sp³-hybridized carbons (Fsp3) is 0.154. The van der Waals surface area contributed by atoms with Crippen LogP contribution in [0.25, 0.3) is 10.2 Å². The third kappa shape index (κ3) is 2.34. The molecule has 0 spiro atoms. The van der Waals surface area contributed by atoms with Gasteiger partial charge in [-0.25, -0.2) is 4.98 Å². The van der Waals surface area contributed by atoms with E-state index in [0.717, 1.165) is 10.2 Å². The number of para-hydroxylation sites is 1. The minimum absolute atomic E-state index is 0.122. The minimum atomic E-state index is -0.359. The molecule has 3 aromatic rings. The number of nitrogens with one attached hydrogen (secondary N) is 1. The Labute approximate surface area is 113 Å². The second-order valence-electron chi connectivity index (χ2n) is 4.14. The lowest BCUT2D eigenvalue weighted by Crippen LogP contribution is -2.23. The Morgan fingerprint density at radius 1 is 1.37 bits per heavy atom. The fourth-order valence-electron chi connectivity index (χ4n) is 1.77. The van der Waals surface area contributed by atoms with Crippen LogP contribution < -0.4 is 5.32 Å². The fourth-order valence-corrected chi connectivity index (χ4v) is 2.63. The van der Waals surface area contributed by atoms with Crippen LogP contribution >= 0.6 is 11.3 Å². The van der Waals surface area contributed by atoms with E-state index in [0.29, 0.717) is 5.13 Å². The number of thiazole rings is 1. The van der Waals surface area contributed by atoms with Crippen molar-refractivity contribution in [1.29, 1.82) is 0 Å². The third-order valence-corrected chi connectivity index (χ3v) is 3.78. The summed E-state index contributed by atoms with van der Waals surface area (Å²) in [6.07, 6.45) is 3.42. The molecule has 0 bridgehead atoms. The van der Waals surface area contributed by atoms with Gasteiger partial charge < -0.3 is 5.32 Å². The average Bonchev–Trinajstić information content (AvgIpc) is 3.06. The van der Waals surface area contributed by atoms with Gasteiger partial charge in [-0.05, 0) is 25.1 Å². The monoisotopic (exact) mass is 272 g/mol. The highest BCUT2D eigenvalue weighted by atomic mass is 32.1. The van der Waals surface area contributed by atoms with Gasteiger partial charge in [0.25, 0.3) is 5.91 Å². The largest absolute Gasteiger partial charge is 0.300 e. The Kier molecular flexibility index (Phi) is 3.00. The zero-order valence-corrected chi connectivity index (χ0v) is 11.1. The highest BCUT2D eigenvalue weighted by Gasteiger charge is 2.16. The normalized spacial score (nSPS) is 12.5. The molecule has 96 valence electrons. The van der Waals surface area contributed by atoms with E-state index in [2.05, 4.69) is 15.4 Å². The Bertz CT molecular complexity index is 671. The van der Waals surface area contributed by atoms with Gasteiger partial charge in [0.15, 0.2) is 5.13 Å². The smallest absolute Gasteiger partial charge is 0.250 e. The van der Waals surface area contributed by atoms with Crippen molar-refractivity contribution in [2.45, 2.75) is 13.0 Å². The van der Waals surface area contributed by atoms with Crippen molar-refractivity contribution >= 4 is 32.6 Å². The highest BCUT2D eigenvalue weighted by Crippen LogP contribution is 2.25. The van der Waals surface area contributed by atoms with Crippen molar-refractivity contribution in [3.05, 3.63) is 42.7 Å². The second kappa shape index (κ2) is 4.81. The van der Waals surface area contributed by atoms with E-state index in [9.17, 15) is 4.79 Å². The van der Waals surface area contributed by atoms with Crippen molar-refractivity contribution in [2.24, 2.45) is 0 Å². The molecule has 6 heteroatoms. The molecule has 3 rings (SSSR count). The Morgan fingerprint density at radius 2 is 2.21 bits per heavy atom. The third-order valence-electron chi connectivity index (χ3n) is 2.83. The number of benzene rings is 1. The van der Waals surface area contributed by atoms with E-state index in [-0.39, 0.29) is 11.9 Å². The maximum Gasteiger partial charge on any atom is 0.250 e. The molecule has 1 atom stereocenters. The van der Waals surface area contributed by atoms with Gasteiger partial charge in [-0.2, -0.15) is 5.10 Å². The van der Waals surface area contributed by atoms with Crippen molar-refractivity contribution in [2.75, 3.05) is 5.32 Å². The first-order valence-corrected chi connectivity index (χ1v) is 6.71. The molecule has 1 N–H and O–H groups in total. The van der Waals surface area contributed by atoms with Gasteiger partial charge in [-0.1, -0.05) is 23.5 Å². The molecular formula is C13H12N4OS. The Balaban J connectivity index is 1.79. The molecule has 0 fully saturated rings. The summed E-state index contributed by atoms with van der Waals surface area (Å²) in [4.78, 5) is 16.5. The van der Waals surface area contributed by atoms with Crippen molar-refractivity contribution in [3.8, 4) is 0 Å². The van der Waals surface area contributed by atoms with Gasteiger partial charge in [0.1, 0.15) is 6.04 Å². The van der Waals surface area contributed by atoms with Gasteiger partial charge in [-0.3, -0.25) is 9.48 Å². The zero-order chi connectivity index (χ0) is 13.2. The van der Waals surface area contributed by atoms with Gasteiger partial charge in [0.2, 0.25) is 0 Å².